The van der Waals surface area contributed by atoms with Crippen molar-refractivity contribution in [3.8, 4) is 0 Å². The quantitative estimate of drug-likeness (QED) is 0.623. The van der Waals surface area contributed by atoms with Crippen LogP contribution in [0.4, 0.5) is 0 Å². The summed E-state index contributed by atoms with van der Waals surface area (Å²) in [7, 11) is 0. The van der Waals surface area contributed by atoms with E-state index in [4.69, 9.17) is 4.55 Å². The van der Waals surface area contributed by atoms with Gasteiger partial charge in [-0.1, -0.05) is 5.21 Å². The second-order valence-electron chi connectivity index (χ2n) is 1.71. The summed E-state index contributed by atoms with van der Waals surface area (Å²) < 4.78 is 24.0. The molecular formula is C4H7N3O3S. The van der Waals surface area contributed by atoms with Gasteiger partial charge in [0.1, 0.15) is 0 Å². The molecule has 7 heteroatoms. The van der Waals surface area contributed by atoms with E-state index in [1.54, 1.807) is 6.20 Å². The maximum atomic E-state index is 9.97. The van der Waals surface area contributed by atoms with Gasteiger partial charge in [-0.2, -0.15) is 4.21 Å². The Morgan fingerprint density at radius 1 is 1.73 bits per heavy atom. The van der Waals surface area contributed by atoms with Crippen molar-refractivity contribution in [3.63, 3.8) is 0 Å². The smallest absolute Gasteiger partial charge is 0.284 e. The first kappa shape index (κ1) is 8.31. The molecule has 6 nitrogen and oxygen atoms in total. The van der Waals surface area contributed by atoms with E-state index in [-0.39, 0.29) is 6.61 Å². The van der Waals surface area contributed by atoms with Gasteiger partial charge in [-0.25, -0.2) is 0 Å². The highest BCUT2D eigenvalue weighted by molar-refractivity contribution is 7.74. The maximum absolute atomic E-state index is 9.97. The Morgan fingerprint density at radius 2 is 2.55 bits per heavy atom. The van der Waals surface area contributed by atoms with Gasteiger partial charge in [-0.05, 0) is 0 Å². The fourth-order valence-corrected chi connectivity index (χ4v) is 0.771. The van der Waals surface area contributed by atoms with Crippen LogP contribution in [-0.2, 0) is 22.1 Å². The van der Waals surface area contributed by atoms with Crippen molar-refractivity contribution in [2.75, 3.05) is 6.61 Å². The van der Waals surface area contributed by atoms with Gasteiger partial charge >= 0.3 is 11.4 Å². The number of nitrogens with zero attached hydrogens (tertiary/aromatic N) is 3. The van der Waals surface area contributed by atoms with Crippen LogP contribution in [0.15, 0.2) is 12.4 Å². The van der Waals surface area contributed by atoms with Gasteiger partial charge in [-0.3, -0.25) is 13.4 Å². The average molecular weight is 177 g/mol. The molecule has 1 atom stereocenters. The molecule has 1 aromatic rings. The third kappa shape index (κ3) is 3.21. The minimum absolute atomic E-state index is 0.145. The summed E-state index contributed by atoms with van der Waals surface area (Å²) >= 11 is -2.19. The molecule has 0 aromatic carbocycles. The topological polar surface area (TPSA) is 77.2 Å². The Bertz CT molecular complexity index is 224. The van der Waals surface area contributed by atoms with Crippen LogP contribution in [0.3, 0.4) is 0 Å². The lowest BCUT2D eigenvalue weighted by atomic mass is 10.7. The predicted molar refractivity (Wildman–Crippen MR) is 36.7 cm³/mol. The minimum atomic E-state index is -2.19. The van der Waals surface area contributed by atoms with Gasteiger partial charge in [0, 0.05) is 6.20 Å². The van der Waals surface area contributed by atoms with Crippen molar-refractivity contribution in [2.45, 2.75) is 6.54 Å². The standard InChI is InChI=1S/C4H7N3O3S/c8-11(9)10-4-3-7-2-1-5-6-7/h1-2H,3-4H2,(H,8,9). The molecule has 0 aliphatic carbocycles. The van der Waals surface area contributed by atoms with Gasteiger partial charge < -0.3 is 0 Å². The Morgan fingerprint density at radius 3 is 3.09 bits per heavy atom. The molecule has 0 aliphatic heterocycles. The SMILES string of the molecule is O=S(O)OCCn1ccnn1. The fourth-order valence-electron chi connectivity index (χ4n) is 0.554. The molecule has 1 rings (SSSR count). The number of hydrogen-bond donors (Lipinski definition) is 1. The average Bonchev–Trinajstić information content (AvgIpc) is 2.39. The van der Waals surface area contributed by atoms with Crippen LogP contribution in [0.2, 0.25) is 0 Å². The molecule has 1 heterocycles. The molecule has 1 aromatic heterocycles. The Hall–Kier alpha value is -0.790. The van der Waals surface area contributed by atoms with E-state index in [1.807, 2.05) is 0 Å². The summed E-state index contributed by atoms with van der Waals surface area (Å²) in [6, 6.07) is 0. The van der Waals surface area contributed by atoms with Gasteiger partial charge in [-0.15, -0.1) is 5.10 Å². The Labute approximate surface area is 65.7 Å². The molecule has 11 heavy (non-hydrogen) atoms. The number of hydrogen-bond acceptors (Lipinski definition) is 4. The van der Waals surface area contributed by atoms with Crippen LogP contribution in [0.1, 0.15) is 0 Å². The highest BCUT2D eigenvalue weighted by atomic mass is 32.2. The molecular weight excluding hydrogens is 170 g/mol. The maximum Gasteiger partial charge on any atom is 0.301 e. The Kier molecular flexibility index (Phi) is 3.14. The lowest BCUT2D eigenvalue weighted by molar-refractivity contribution is 0.284. The summed E-state index contributed by atoms with van der Waals surface area (Å²) in [5.74, 6) is 0. The third-order valence-corrected chi connectivity index (χ3v) is 1.34. The van der Waals surface area contributed by atoms with E-state index in [1.165, 1.54) is 10.9 Å². The summed E-state index contributed by atoms with van der Waals surface area (Å²) in [6.45, 7) is 0.568. The predicted octanol–water partition coefficient (Wildman–Crippen LogP) is -0.569. The molecule has 0 fully saturated rings. The summed E-state index contributed by atoms with van der Waals surface area (Å²) in [5, 5.41) is 7.16. The van der Waals surface area contributed by atoms with Gasteiger partial charge in [0.25, 0.3) is 0 Å². The zero-order chi connectivity index (χ0) is 8.10. The van der Waals surface area contributed by atoms with E-state index >= 15 is 0 Å². The molecule has 0 aliphatic rings. The van der Waals surface area contributed by atoms with Crippen LogP contribution in [0, 0.1) is 0 Å². The zero-order valence-corrected chi connectivity index (χ0v) is 6.40. The van der Waals surface area contributed by atoms with Crippen molar-refractivity contribution >= 4 is 11.4 Å². The highest BCUT2D eigenvalue weighted by Gasteiger charge is 1.94. The molecule has 0 saturated carbocycles. The van der Waals surface area contributed by atoms with Crippen molar-refractivity contribution < 1.29 is 12.9 Å². The highest BCUT2D eigenvalue weighted by Crippen LogP contribution is 1.84. The van der Waals surface area contributed by atoms with E-state index in [9.17, 15) is 4.21 Å². The van der Waals surface area contributed by atoms with Crippen LogP contribution < -0.4 is 0 Å². The lowest BCUT2D eigenvalue weighted by Crippen LogP contribution is -2.07. The van der Waals surface area contributed by atoms with Crippen LogP contribution in [0.5, 0.6) is 0 Å². The zero-order valence-electron chi connectivity index (χ0n) is 5.58. The first-order valence-electron chi connectivity index (χ1n) is 2.87. The van der Waals surface area contributed by atoms with Crippen molar-refractivity contribution in [1.29, 1.82) is 0 Å². The van der Waals surface area contributed by atoms with Crippen LogP contribution >= 0.6 is 0 Å². The normalized spacial score (nSPS) is 13.2. The molecule has 0 amide bonds. The monoisotopic (exact) mass is 177 g/mol. The van der Waals surface area contributed by atoms with E-state index < -0.39 is 11.4 Å². The molecule has 1 N–H and O–H groups in total. The molecule has 0 saturated heterocycles. The van der Waals surface area contributed by atoms with Crippen molar-refractivity contribution in [2.24, 2.45) is 0 Å². The summed E-state index contributed by atoms with van der Waals surface area (Å²) in [4.78, 5) is 0. The van der Waals surface area contributed by atoms with Crippen molar-refractivity contribution in [1.82, 2.24) is 15.0 Å². The van der Waals surface area contributed by atoms with Crippen LogP contribution in [0.25, 0.3) is 0 Å². The largest absolute Gasteiger partial charge is 0.301 e. The number of rotatable bonds is 4. The minimum Gasteiger partial charge on any atom is -0.284 e. The number of aromatic nitrogens is 3. The summed E-state index contributed by atoms with van der Waals surface area (Å²) in [5.41, 5.74) is 0. The fraction of sp³-hybridized carbons (Fsp3) is 0.500. The van der Waals surface area contributed by atoms with E-state index in [2.05, 4.69) is 14.5 Å². The molecule has 1 unspecified atom stereocenters. The molecule has 0 spiro atoms. The Balaban J connectivity index is 2.19. The first-order valence-corrected chi connectivity index (χ1v) is 3.90. The molecule has 0 radical (unpaired) electrons. The van der Waals surface area contributed by atoms with E-state index in [0.717, 1.165) is 0 Å². The second kappa shape index (κ2) is 4.16. The van der Waals surface area contributed by atoms with Gasteiger partial charge in [0.15, 0.2) is 0 Å². The molecule has 0 bridgehead atoms. The van der Waals surface area contributed by atoms with E-state index in [0.29, 0.717) is 6.54 Å². The summed E-state index contributed by atoms with van der Waals surface area (Å²) in [6.07, 6.45) is 3.17. The third-order valence-electron chi connectivity index (χ3n) is 0.976. The van der Waals surface area contributed by atoms with Crippen LogP contribution in [-0.4, -0.2) is 30.4 Å². The first-order chi connectivity index (χ1) is 5.29. The van der Waals surface area contributed by atoms with Gasteiger partial charge in [0.05, 0.1) is 19.3 Å². The lowest BCUT2D eigenvalue weighted by Gasteiger charge is -1.97. The van der Waals surface area contributed by atoms with Gasteiger partial charge in [0.2, 0.25) is 0 Å². The van der Waals surface area contributed by atoms with Crippen molar-refractivity contribution in [3.05, 3.63) is 12.4 Å². The second-order valence-corrected chi connectivity index (χ2v) is 2.38. The molecule has 62 valence electrons.